The summed E-state index contributed by atoms with van der Waals surface area (Å²) in [4.78, 5) is 14.9. The zero-order valence-electron chi connectivity index (χ0n) is 15.9. The molecule has 2 atom stereocenters. The van der Waals surface area contributed by atoms with Crippen LogP contribution in [-0.2, 0) is 17.8 Å². The Morgan fingerprint density at radius 3 is 2.77 bits per heavy atom. The van der Waals surface area contributed by atoms with Crippen LogP contribution in [0.15, 0.2) is 48.5 Å². The molecule has 4 heteroatoms. The number of carbonyl (C=O) groups is 1. The predicted octanol–water partition coefficient (Wildman–Crippen LogP) is 3.71. The Bertz CT molecular complexity index is 759. The van der Waals surface area contributed by atoms with Crippen molar-refractivity contribution in [1.82, 2.24) is 10.2 Å². The first kappa shape index (κ1) is 18.5. The van der Waals surface area contributed by atoms with E-state index < -0.39 is 0 Å². The number of amides is 1. The summed E-state index contributed by atoms with van der Waals surface area (Å²) in [5, 5.41) is 3.26. The molecule has 1 aliphatic rings. The Morgan fingerprint density at radius 2 is 1.96 bits per heavy atom. The molecule has 0 saturated heterocycles. The first-order valence-corrected chi connectivity index (χ1v) is 9.30. The molecule has 26 heavy (non-hydrogen) atoms. The smallest absolute Gasteiger partial charge is 0.237 e. The molecular weight excluding hydrogens is 324 g/mol. The van der Waals surface area contributed by atoms with Crippen LogP contribution in [0.2, 0.25) is 0 Å². The van der Waals surface area contributed by atoms with Crippen molar-refractivity contribution in [3.05, 3.63) is 65.2 Å². The molecular formula is C22H28N2O2. The normalized spacial score (nSPS) is 17.5. The molecule has 2 aromatic rings. The van der Waals surface area contributed by atoms with Crippen LogP contribution in [0, 0.1) is 0 Å². The van der Waals surface area contributed by atoms with Gasteiger partial charge in [0.25, 0.3) is 0 Å². The van der Waals surface area contributed by atoms with E-state index in [2.05, 4.69) is 34.5 Å². The summed E-state index contributed by atoms with van der Waals surface area (Å²) in [6.45, 7) is 2.62. The van der Waals surface area contributed by atoms with E-state index in [4.69, 9.17) is 4.74 Å². The number of likely N-dealkylation sites (N-methyl/N-ethyl adjacent to an activating group) is 1. The summed E-state index contributed by atoms with van der Waals surface area (Å²) in [6, 6.07) is 16.3. The predicted molar refractivity (Wildman–Crippen MR) is 104 cm³/mol. The minimum Gasteiger partial charge on any atom is -0.496 e. The van der Waals surface area contributed by atoms with Gasteiger partial charge >= 0.3 is 0 Å². The summed E-state index contributed by atoms with van der Waals surface area (Å²) in [7, 11) is 3.65. The van der Waals surface area contributed by atoms with E-state index in [9.17, 15) is 4.79 Å². The maximum absolute atomic E-state index is 12.8. The van der Waals surface area contributed by atoms with Gasteiger partial charge in [-0.1, -0.05) is 42.5 Å². The van der Waals surface area contributed by atoms with Crippen molar-refractivity contribution in [2.24, 2.45) is 0 Å². The van der Waals surface area contributed by atoms with Gasteiger partial charge in [0.15, 0.2) is 0 Å². The highest BCUT2D eigenvalue weighted by Crippen LogP contribution is 2.29. The van der Waals surface area contributed by atoms with E-state index in [1.165, 1.54) is 11.1 Å². The third kappa shape index (κ3) is 4.07. The van der Waals surface area contributed by atoms with Crippen molar-refractivity contribution in [2.75, 3.05) is 14.2 Å². The molecule has 138 valence electrons. The molecule has 4 nitrogen and oxygen atoms in total. The molecule has 1 amide bonds. The molecule has 0 spiro atoms. The Labute approximate surface area is 156 Å². The third-order valence-electron chi connectivity index (χ3n) is 5.34. The standard InChI is InChI=1S/C22H28N2O2/c1-16(24(2)15-18-10-5-7-14-21(18)26-3)22(25)23-20-13-8-11-17-9-4-6-12-19(17)20/h4-7,9-10,12,14,16,20H,8,11,13,15H2,1-3H3,(H,23,25). The van der Waals surface area contributed by atoms with Crippen LogP contribution < -0.4 is 10.1 Å². The van der Waals surface area contributed by atoms with Crippen molar-refractivity contribution in [3.8, 4) is 5.75 Å². The topological polar surface area (TPSA) is 41.6 Å². The third-order valence-corrected chi connectivity index (χ3v) is 5.34. The highest BCUT2D eigenvalue weighted by Gasteiger charge is 2.25. The SMILES string of the molecule is COc1ccccc1CN(C)C(C)C(=O)NC1CCCc2ccccc21. The molecule has 0 radical (unpaired) electrons. The fourth-order valence-corrected chi connectivity index (χ4v) is 3.64. The van der Waals surface area contributed by atoms with Crippen LogP contribution in [0.4, 0.5) is 0 Å². The Balaban J connectivity index is 1.65. The second-order valence-corrected chi connectivity index (χ2v) is 7.06. The lowest BCUT2D eigenvalue weighted by Crippen LogP contribution is -2.44. The van der Waals surface area contributed by atoms with Crippen LogP contribution in [0.1, 0.15) is 42.5 Å². The number of hydrogen-bond donors (Lipinski definition) is 1. The van der Waals surface area contributed by atoms with Crippen molar-refractivity contribution < 1.29 is 9.53 Å². The average molecular weight is 352 g/mol. The molecule has 1 N–H and O–H groups in total. The molecule has 2 aromatic carbocycles. The molecule has 0 aliphatic heterocycles. The summed E-state index contributed by atoms with van der Waals surface area (Å²) in [6.07, 6.45) is 3.23. The molecule has 0 fully saturated rings. The van der Waals surface area contributed by atoms with E-state index in [-0.39, 0.29) is 18.0 Å². The van der Waals surface area contributed by atoms with Crippen molar-refractivity contribution in [1.29, 1.82) is 0 Å². The minimum atomic E-state index is -0.214. The van der Waals surface area contributed by atoms with E-state index in [0.717, 1.165) is 30.6 Å². The number of nitrogens with one attached hydrogen (secondary N) is 1. The number of rotatable bonds is 6. The zero-order valence-corrected chi connectivity index (χ0v) is 15.9. The number of fused-ring (bicyclic) bond motifs is 1. The monoisotopic (exact) mass is 352 g/mol. The maximum atomic E-state index is 12.8. The van der Waals surface area contributed by atoms with Crippen LogP contribution in [-0.4, -0.2) is 31.0 Å². The number of aryl methyl sites for hydroxylation is 1. The van der Waals surface area contributed by atoms with Gasteiger partial charge < -0.3 is 10.1 Å². The second-order valence-electron chi connectivity index (χ2n) is 7.06. The van der Waals surface area contributed by atoms with Crippen molar-refractivity contribution in [3.63, 3.8) is 0 Å². The second kappa shape index (κ2) is 8.37. The number of nitrogens with zero attached hydrogens (tertiary/aromatic N) is 1. The summed E-state index contributed by atoms with van der Waals surface area (Å²) >= 11 is 0. The average Bonchev–Trinajstić information content (AvgIpc) is 2.68. The van der Waals surface area contributed by atoms with Crippen LogP contribution in [0.3, 0.4) is 0 Å². The quantitative estimate of drug-likeness (QED) is 0.862. The van der Waals surface area contributed by atoms with Gasteiger partial charge in [-0.3, -0.25) is 9.69 Å². The van der Waals surface area contributed by atoms with E-state index >= 15 is 0 Å². The van der Waals surface area contributed by atoms with Gasteiger partial charge in [-0.15, -0.1) is 0 Å². The van der Waals surface area contributed by atoms with Crippen LogP contribution in [0.25, 0.3) is 0 Å². The Morgan fingerprint density at radius 1 is 1.23 bits per heavy atom. The van der Waals surface area contributed by atoms with Crippen LogP contribution >= 0.6 is 0 Å². The number of para-hydroxylation sites is 1. The lowest BCUT2D eigenvalue weighted by atomic mass is 9.87. The van der Waals surface area contributed by atoms with Gasteiger partial charge in [0.2, 0.25) is 5.91 Å². The molecule has 0 bridgehead atoms. The van der Waals surface area contributed by atoms with Gasteiger partial charge in [0.1, 0.15) is 5.75 Å². The molecule has 0 heterocycles. The van der Waals surface area contributed by atoms with Gasteiger partial charge in [-0.2, -0.15) is 0 Å². The number of carbonyl (C=O) groups excluding carboxylic acids is 1. The van der Waals surface area contributed by atoms with Crippen LogP contribution in [0.5, 0.6) is 5.75 Å². The maximum Gasteiger partial charge on any atom is 0.237 e. The van der Waals surface area contributed by atoms with Gasteiger partial charge in [-0.25, -0.2) is 0 Å². The number of benzene rings is 2. The number of ether oxygens (including phenoxy) is 1. The minimum absolute atomic E-state index is 0.0732. The highest BCUT2D eigenvalue weighted by molar-refractivity contribution is 5.81. The summed E-state index contributed by atoms with van der Waals surface area (Å²) in [5.41, 5.74) is 3.71. The Hall–Kier alpha value is -2.33. The van der Waals surface area contributed by atoms with Gasteiger partial charge in [-0.05, 0) is 50.4 Å². The first-order valence-electron chi connectivity index (χ1n) is 9.30. The fraction of sp³-hybridized carbons (Fsp3) is 0.409. The lowest BCUT2D eigenvalue weighted by Gasteiger charge is -2.30. The highest BCUT2D eigenvalue weighted by atomic mass is 16.5. The number of hydrogen-bond acceptors (Lipinski definition) is 3. The van der Waals surface area contributed by atoms with Gasteiger partial charge in [0, 0.05) is 12.1 Å². The first-order chi connectivity index (χ1) is 12.6. The van der Waals surface area contributed by atoms with E-state index in [0.29, 0.717) is 6.54 Å². The number of methoxy groups -OCH3 is 1. The largest absolute Gasteiger partial charge is 0.496 e. The zero-order chi connectivity index (χ0) is 18.5. The molecule has 0 saturated carbocycles. The van der Waals surface area contributed by atoms with Gasteiger partial charge in [0.05, 0.1) is 19.2 Å². The van der Waals surface area contributed by atoms with E-state index in [1.54, 1.807) is 7.11 Å². The summed E-state index contributed by atoms with van der Waals surface area (Å²) in [5.74, 6) is 0.928. The lowest BCUT2D eigenvalue weighted by molar-refractivity contribution is -0.126. The Kier molecular flexibility index (Phi) is 5.94. The fourth-order valence-electron chi connectivity index (χ4n) is 3.64. The molecule has 2 unspecified atom stereocenters. The summed E-state index contributed by atoms with van der Waals surface area (Å²) < 4.78 is 5.42. The molecule has 1 aliphatic carbocycles. The molecule has 0 aromatic heterocycles. The molecule has 3 rings (SSSR count). The van der Waals surface area contributed by atoms with E-state index in [1.807, 2.05) is 38.2 Å². The van der Waals surface area contributed by atoms with Crippen molar-refractivity contribution >= 4 is 5.91 Å². The van der Waals surface area contributed by atoms with Crippen molar-refractivity contribution in [2.45, 2.75) is 44.8 Å².